The molecule has 7 heteroatoms. The average Bonchev–Trinajstić information content (AvgIpc) is 2.68. The summed E-state index contributed by atoms with van der Waals surface area (Å²) in [7, 11) is 0. The number of carbonyl (C=O) groups is 1. The van der Waals surface area contributed by atoms with Gasteiger partial charge in [-0.2, -0.15) is 10.1 Å². The van der Waals surface area contributed by atoms with E-state index in [2.05, 4.69) is 25.8 Å². The van der Waals surface area contributed by atoms with Gasteiger partial charge in [0.1, 0.15) is 0 Å². The number of aryl methyl sites for hydroxylation is 1. The fourth-order valence-corrected chi connectivity index (χ4v) is 1.63. The van der Waals surface area contributed by atoms with Crippen LogP contribution in [0.15, 0.2) is 11.1 Å². The molecule has 1 aromatic rings. The molecule has 22 heavy (non-hydrogen) atoms. The lowest BCUT2D eigenvalue weighted by Gasteiger charge is -2.20. The molecule has 0 fully saturated rings. The standard InChI is InChI=1S/C15H27N5O2/c1-10-7-11(20-19-10)17-13(16-9-15(5,6)22)18-12(21)8-14(2,3)4/h7,22H,8-9H2,1-6H3,(H3,16,17,18,19,20,21). The van der Waals surface area contributed by atoms with Crippen LogP contribution in [0.4, 0.5) is 5.82 Å². The maximum Gasteiger partial charge on any atom is 0.249 e. The Morgan fingerprint density at radius 1 is 1.36 bits per heavy atom. The van der Waals surface area contributed by atoms with Crippen LogP contribution < -0.4 is 10.6 Å². The molecular formula is C15H27N5O2. The van der Waals surface area contributed by atoms with Crippen LogP contribution in [0.2, 0.25) is 0 Å². The quantitative estimate of drug-likeness (QED) is 0.502. The highest BCUT2D eigenvalue weighted by molar-refractivity contribution is 6.00. The number of aromatic amines is 1. The smallest absolute Gasteiger partial charge is 0.249 e. The Bertz CT molecular complexity index is 535. The fourth-order valence-electron chi connectivity index (χ4n) is 1.63. The van der Waals surface area contributed by atoms with Gasteiger partial charge in [0, 0.05) is 24.7 Å². The van der Waals surface area contributed by atoms with E-state index in [1.54, 1.807) is 19.9 Å². The number of nitrogens with zero attached hydrogens (tertiary/aromatic N) is 2. The predicted octanol–water partition coefficient (Wildman–Crippen LogP) is 1.81. The molecule has 0 bridgehead atoms. The van der Waals surface area contributed by atoms with E-state index in [1.165, 1.54) is 0 Å². The summed E-state index contributed by atoms with van der Waals surface area (Å²) < 4.78 is 0. The summed E-state index contributed by atoms with van der Waals surface area (Å²) in [6.07, 6.45) is 0.335. The summed E-state index contributed by atoms with van der Waals surface area (Å²) in [6, 6.07) is 1.80. The number of aliphatic imine (C=N–C) groups is 1. The van der Waals surface area contributed by atoms with Crippen molar-refractivity contribution >= 4 is 17.7 Å². The van der Waals surface area contributed by atoms with Crippen LogP contribution in [-0.4, -0.2) is 39.3 Å². The second-order valence-electron chi connectivity index (χ2n) is 7.32. The third-order valence-corrected chi connectivity index (χ3v) is 2.56. The van der Waals surface area contributed by atoms with Crippen LogP contribution >= 0.6 is 0 Å². The van der Waals surface area contributed by atoms with Gasteiger partial charge in [-0.3, -0.25) is 9.89 Å². The van der Waals surface area contributed by atoms with Gasteiger partial charge in [0.25, 0.3) is 0 Å². The number of nitrogens with one attached hydrogen (secondary N) is 3. The van der Waals surface area contributed by atoms with E-state index in [4.69, 9.17) is 0 Å². The van der Waals surface area contributed by atoms with Crippen molar-refractivity contribution < 1.29 is 9.90 Å². The van der Waals surface area contributed by atoms with Gasteiger partial charge in [0.15, 0.2) is 5.82 Å². The van der Waals surface area contributed by atoms with Gasteiger partial charge >= 0.3 is 0 Å². The van der Waals surface area contributed by atoms with E-state index in [0.717, 1.165) is 5.69 Å². The Morgan fingerprint density at radius 3 is 2.45 bits per heavy atom. The van der Waals surface area contributed by atoms with E-state index in [9.17, 15) is 9.90 Å². The second-order valence-corrected chi connectivity index (χ2v) is 7.32. The summed E-state index contributed by atoms with van der Waals surface area (Å²) in [5, 5.41) is 22.6. The first-order valence-corrected chi connectivity index (χ1v) is 7.31. The van der Waals surface area contributed by atoms with E-state index in [0.29, 0.717) is 12.2 Å². The summed E-state index contributed by atoms with van der Waals surface area (Å²) in [5.74, 6) is 0.608. The van der Waals surface area contributed by atoms with Crippen LogP contribution in [0.5, 0.6) is 0 Å². The van der Waals surface area contributed by atoms with Gasteiger partial charge < -0.3 is 15.7 Å². The van der Waals surface area contributed by atoms with Crippen LogP contribution in [0.3, 0.4) is 0 Å². The average molecular weight is 309 g/mol. The number of rotatable bonds is 4. The van der Waals surface area contributed by atoms with Crippen LogP contribution in [-0.2, 0) is 4.79 Å². The molecule has 0 aromatic carbocycles. The summed E-state index contributed by atoms with van der Waals surface area (Å²) in [5.41, 5.74) is -0.160. The van der Waals surface area contributed by atoms with Crippen molar-refractivity contribution in [1.29, 1.82) is 0 Å². The molecular weight excluding hydrogens is 282 g/mol. The maximum absolute atomic E-state index is 12.0. The summed E-state index contributed by atoms with van der Waals surface area (Å²) in [6.45, 7) is 11.4. The predicted molar refractivity (Wildman–Crippen MR) is 87.8 cm³/mol. The van der Waals surface area contributed by atoms with Gasteiger partial charge in [-0.15, -0.1) is 0 Å². The molecule has 1 amide bonds. The molecule has 1 heterocycles. The topological polar surface area (TPSA) is 102 Å². The van der Waals surface area contributed by atoms with Crippen LogP contribution in [0.25, 0.3) is 0 Å². The fraction of sp³-hybridized carbons (Fsp3) is 0.667. The van der Waals surface area contributed by atoms with E-state index in [-0.39, 0.29) is 23.8 Å². The molecule has 4 N–H and O–H groups in total. The van der Waals surface area contributed by atoms with Crippen molar-refractivity contribution in [3.05, 3.63) is 11.8 Å². The molecule has 1 rings (SSSR count). The SMILES string of the molecule is Cc1cc(N/C(=N\C(=O)CC(C)(C)C)NCC(C)(C)O)n[nH]1. The van der Waals surface area contributed by atoms with Crippen molar-refractivity contribution in [2.24, 2.45) is 10.4 Å². The minimum Gasteiger partial charge on any atom is -0.389 e. The van der Waals surface area contributed by atoms with E-state index < -0.39 is 5.60 Å². The van der Waals surface area contributed by atoms with Gasteiger partial charge in [0.2, 0.25) is 11.9 Å². The first-order chi connectivity index (χ1) is 9.94. The molecule has 0 aliphatic carbocycles. The molecule has 124 valence electrons. The Hall–Kier alpha value is -1.89. The maximum atomic E-state index is 12.0. The molecule has 0 radical (unpaired) electrons. The van der Waals surface area contributed by atoms with E-state index in [1.807, 2.05) is 27.7 Å². The molecule has 0 saturated heterocycles. The number of aliphatic hydroxyl groups is 1. The van der Waals surface area contributed by atoms with Gasteiger partial charge in [-0.1, -0.05) is 20.8 Å². The minimum absolute atomic E-state index is 0.134. The highest BCUT2D eigenvalue weighted by Gasteiger charge is 2.18. The molecule has 7 nitrogen and oxygen atoms in total. The zero-order chi connectivity index (χ0) is 17.0. The highest BCUT2D eigenvalue weighted by Crippen LogP contribution is 2.18. The zero-order valence-electron chi connectivity index (χ0n) is 14.2. The number of guanidine groups is 1. The third kappa shape index (κ3) is 7.78. The normalized spacial score (nSPS) is 13.1. The molecule has 1 aromatic heterocycles. The first kappa shape index (κ1) is 18.2. The lowest BCUT2D eigenvalue weighted by Crippen LogP contribution is -2.41. The van der Waals surface area contributed by atoms with Crippen molar-refractivity contribution in [2.75, 3.05) is 11.9 Å². The van der Waals surface area contributed by atoms with Crippen molar-refractivity contribution in [1.82, 2.24) is 15.5 Å². The van der Waals surface area contributed by atoms with Crippen LogP contribution in [0, 0.1) is 12.3 Å². The highest BCUT2D eigenvalue weighted by atomic mass is 16.3. The Kier molecular flexibility index (Phi) is 5.71. The van der Waals surface area contributed by atoms with Gasteiger partial charge in [-0.05, 0) is 26.2 Å². The van der Waals surface area contributed by atoms with Crippen molar-refractivity contribution in [3.63, 3.8) is 0 Å². The second kappa shape index (κ2) is 6.91. The monoisotopic (exact) mass is 309 g/mol. The van der Waals surface area contributed by atoms with E-state index >= 15 is 0 Å². The Labute approximate surface area is 131 Å². The minimum atomic E-state index is -0.920. The zero-order valence-corrected chi connectivity index (χ0v) is 14.2. The Balaban J connectivity index is 2.83. The van der Waals surface area contributed by atoms with Crippen LogP contribution in [0.1, 0.15) is 46.7 Å². The number of hydrogen-bond acceptors (Lipinski definition) is 3. The number of anilines is 1. The molecule has 0 atom stereocenters. The number of H-pyrrole nitrogens is 1. The summed E-state index contributed by atoms with van der Waals surface area (Å²) >= 11 is 0. The number of hydrogen-bond donors (Lipinski definition) is 4. The third-order valence-electron chi connectivity index (χ3n) is 2.56. The largest absolute Gasteiger partial charge is 0.389 e. The van der Waals surface area contributed by atoms with Crippen molar-refractivity contribution in [2.45, 2.75) is 53.6 Å². The molecule has 0 spiro atoms. The Morgan fingerprint density at radius 2 is 2.00 bits per heavy atom. The summed E-state index contributed by atoms with van der Waals surface area (Å²) in [4.78, 5) is 16.1. The molecule has 0 aliphatic rings. The first-order valence-electron chi connectivity index (χ1n) is 7.31. The molecule has 0 unspecified atom stereocenters. The lowest BCUT2D eigenvalue weighted by atomic mass is 9.92. The van der Waals surface area contributed by atoms with Gasteiger partial charge in [0.05, 0.1) is 5.60 Å². The van der Waals surface area contributed by atoms with Gasteiger partial charge in [-0.25, -0.2) is 0 Å². The number of carbonyl (C=O) groups excluding carboxylic acids is 1. The molecule has 0 saturated carbocycles. The number of amides is 1. The number of aromatic nitrogens is 2. The molecule has 0 aliphatic heterocycles. The lowest BCUT2D eigenvalue weighted by molar-refractivity contribution is -0.119. The van der Waals surface area contributed by atoms with Crippen molar-refractivity contribution in [3.8, 4) is 0 Å².